The molecule has 0 aliphatic rings. The maximum absolute atomic E-state index is 12.4. The number of hydrogen-bond acceptors (Lipinski definition) is 4. The monoisotopic (exact) mass is 390 g/mol. The number of ketones is 1. The van der Waals surface area contributed by atoms with Crippen LogP contribution in [0.4, 0.5) is 11.4 Å². The van der Waals surface area contributed by atoms with Gasteiger partial charge in [0.1, 0.15) is 5.69 Å². The van der Waals surface area contributed by atoms with Gasteiger partial charge >= 0.3 is 0 Å². The number of aryl methyl sites for hydroxylation is 2. The highest BCUT2D eigenvalue weighted by molar-refractivity contribution is 6.08. The molecule has 0 atom stereocenters. The maximum Gasteiger partial charge on any atom is 0.293 e. The lowest BCUT2D eigenvalue weighted by molar-refractivity contribution is -0.684. The zero-order valence-electron chi connectivity index (χ0n) is 16.1. The Morgan fingerprint density at radius 2 is 1.55 bits per heavy atom. The summed E-state index contributed by atoms with van der Waals surface area (Å²) in [7, 11) is 0. The minimum atomic E-state index is -0.515. The Bertz CT molecular complexity index is 1080. The molecule has 1 aromatic heterocycles. The van der Waals surface area contributed by atoms with Gasteiger partial charge in [-0.05, 0) is 31.0 Å². The van der Waals surface area contributed by atoms with E-state index in [1.54, 1.807) is 66.3 Å². The molecule has 3 aromatic rings. The SMILES string of the molecule is Cc1cc(NC(=O)C[n+]2ccc(C(=O)c3ccccc3)cc2)c([N+](=O)[O-])cc1C. The van der Waals surface area contributed by atoms with E-state index in [0.717, 1.165) is 11.1 Å². The van der Waals surface area contributed by atoms with Crippen molar-refractivity contribution in [3.63, 3.8) is 0 Å². The molecule has 7 heteroatoms. The number of amides is 1. The van der Waals surface area contributed by atoms with E-state index in [-0.39, 0.29) is 23.7 Å². The minimum Gasteiger partial charge on any atom is -0.315 e. The van der Waals surface area contributed by atoms with E-state index in [0.29, 0.717) is 11.1 Å². The van der Waals surface area contributed by atoms with Crippen LogP contribution in [0.15, 0.2) is 67.0 Å². The lowest BCUT2D eigenvalue weighted by Gasteiger charge is -2.08. The molecule has 0 bridgehead atoms. The van der Waals surface area contributed by atoms with Crippen LogP contribution in [0.3, 0.4) is 0 Å². The zero-order chi connectivity index (χ0) is 21.0. The van der Waals surface area contributed by atoms with Gasteiger partial charge in [-0.3, -0.25) is 19.7 Å². The van der Waals surface area contributed by atoms with Gasteiger partial charge in [-0.2, -0.15) is 4.57 Å². The van der Waals surface area contributed by atoms with Gasteiger partial charge in [0.05, 0.1) is 4.92 Å². The van der Waals surface area contributed by atoms with Crippen LogP contribution in [0, 0.1) is 24.0 Å². The summed E-state index contributed by atoms with van der Waals surface area (Å²) in [5.74, 6) is -0.503. The van der Waals surface area contributed by atoms with Gasteiger partial charge in [0.25, 0.3) is 11.6 Å². The largest absolute Gasteiger partial charge is 0.315 e. The van der Waals surface area contributed by atoms with Gasteiger partial charge in [-0.1, -0.05) is 30.3 Å². The first kappa shape index (κ1) is 19.9. The summed E-state index contributed by atoms with van der Waals surface area (Å²) in [6.45, 7) is 3.57. The fourth-order valence-electron chi connectivity index (χ4n) is 2.88. The third-order valence-electron chi connectivity index (χ3n) is 4.60. The molecule has 146 valence electrons. The maximum atomic E-state index is 12.4. The predicted molar refractivity (Wildman–Crippen MR) is 108 cm³/mol. The molecule has 1 amide bonds. The highest BCUT2D eigenvalue weighted by Gasteiger charge is 2.19. The van der Waals surface area contributed by atoms with Gasteiger partial charge in [-0.25, -0.2) is 0 Å². The van der Waals surface area contributed by atoms with Gasteiger partial charge in [-0.15, -0.1) is 0 Å². The summed E-state index contributed by atoms with van der Waals surface area (Å²) in [4.78, 5) is 35.5. The molecule has 0 fully saturated rings. The van der Waals surface area contributed by atoms with Crippen molar-refractivity contribution in [1.82, 2.24) is 0 Å². The molecular formula is C22H20N3O4+. The van der Waals surface area contributed by atoms with Gasteiger partial charge < -0.3 is 5.32 Å². The summed E-state index contributed by atoms with van der Waals surface area (Å²) in [5, 5.41) is 13.9. The van der Waals surface area contributed by atoms with Crippen LogP contribution < -0.4 is 9.88 Å². The molecule has 1 N–H and O–H groups in total. The summed E-state index contributed by atoms with van der Waals surface area (Å²) in [6, 6.07) is 15.2. The average molecular weight is 390 g/mol. The molecule has 1 heterocycles. The zero-order valence-corrected chi connectivity index (χ0v) is 16.1. The average Bonchev–Trinajstić information content (AvgIpc) is 2.71. The highest BCUT2D eigenvalue weighted by atomic mass is 16.6. The van der Waals surface area contributed by atoms with Crippen molar-refractivity contribution >= 4 is 23.1 Å². The Labute approximate surface area is 167 Å². The molecule has 3 rings (SSSR count). The van der Waals surface area contributed by atoms with E-state index in [1.807, 2.05) is 13.0 Å². The van der Waals surface area contributed by atoms with Gasteiger partial charge in [0, 0.05) is 29.3 Å². The molecule has 0 saturated carbocycles. The second-order valence-corrected chi connectivity index (χ2v) is 6.71. The van der Waals surface area contributed by atoms with Crippen molar-refractivity contribution in [3.05, 3.63) is 99.4 Å². The minimum absolute atomic E-state index is 0.0378. The number of aromatic nitrogens is 1. The molecular weight excluding hydrogens is 370 g/mol. The van der Waals surface area contributed by atoms with E-state index >= 15 is 0 Å². The van der Waals surface area contributed by atoms with Crippen molar-refractivity contribution in [1.29, 1.82) is 0 Å². The molecule has 0 aliphatic carbocycles. The quantitative estimate of drug-likeness (QED) is 0.302. The third kappa shape index (κ3) is 4.70. The molecule has 0 aliphatic heterocycles. The Balaban J connectivity index is 1.71. The van der Waals surface area contributed by atoms with E-state index < -0.39 is 10.8 Å². The number of nitrogens with one attached hydrogen (secondary N) is 1. The molecule has 29 heavy (non-hydrogen) atoms. The summed E-state index contributed by atoms with van der Waals surface area (Å²) in [5.41, 5.74) is 2.75. The number of pyridine rings is 1. The van der Waals surface area contributed by atoms with Crippen molar-refractivity contribution < 1.29 is 19.1 Å². The molecule has 7 nitrogen and oxygen atoms in total. The van der Waals surface area contributed by atoms with E-state index in [2.05, 4.69) is 5.32 Å². The number of rotatable bonds is 6. The lowest BCUT2D eigenvalue weighted by Crippen LogP contribution is -2.39. The molecule has 0 radical (unpaired) electrons. The van der Waals surface area contributed by atoms with Crippen LogP contribution in [0.1, 0.15) is 27.0 Å². The number of carbonyl (C=O) groups excluding carboxylic acids is 2. The van der Waals surface area contributed by atoms with Crippen LogP contribution in [-0.2, 0) is 11.3 Å². The fraction of sp³-hybridized carbons (Fsp3) is 0.136. The third-order valence-corrected chi connectivity index (χ3v) is 4.60. The molecule has 0 unspecified atom stereocenters. The van der Waals surface area contributed by atoms with Crippen molar-refractivity contribution in [3.8, 4) is 0 Å². The van der Waals surface area contributed by atoms with Gasteiger partial charge in [0.2, 0.25) is 6.54 Å². The Hall–Kier alpha value is -3.87. The summed E-state index contributed by atoms with van der Waals surface area (Å²) >= 11 is 0. The number of nitrogens with zero attached hydrogens (tertiary/aromatic N) is 2. The Morgan fingerprint density at radius 1 is 0.966 bits per heavy atom. The first-order chi connectivity index (χ1) is 13.8. The van der Waals surface area contributed by atoms with Crippen LogP contribution in [0.25, 0.3) is 0 Å². The molecule has 0 saturated heterocycles. The predicted octanol–water partition coefficient (Wildman–Crippen LogP) is 3.37. The second kappa shape index (κ2) is 8.43. The van der Waals surface area contributed by atoms with E-state index in [9.17, 15) is 19.7 Å². The van der Waals surface area contributed by atoms with E-state index in [1.165, 1.54) is 6.07 Å². The number of nitro groups is 1. The normalized spacial score (nSPS) is 10.4. The van der Waals surface area contributed by atoms with Gasteiger partial charge in [0.15, 0.2) is 18.2 Å². The standard InChI is InChI=1S/C22H19N3O4/c1-15-12-19(20(25(28)29)13-16(15)2)23-21(26)14-24-10-8-18(9-11-24)22(27)17-6-4-3-5-7-17/h3-13H,14H2,1-2H3/p+1. The van der Waals surface area contributed by atoms with Crippen molar-refractivity contribution in [2.24, 2.45) is 0 Å². The second-order valence-electron chi connectivity index (χ2n) is 6.71. The fourth-order valence-corrected chi connectivity index (χ4v) is 2.88. The van der Waals surface area contributed by atoms with E-state index in [4.69, 9.17) is 0 Å². The topological polar surface area (TPSA) is 93.2 Å². The number of benzene rings is 2. The molecule has 0 spiro atoms. The van der Waals surface area contributed by atoms with Crippen LogP contribution in [0.5, 0.6) is 0 Å². The summed E-state index contributed by atoms with van der Waals surface area (Å²) in [6.07, 6.45) is 3.26. The van der Waals surface area contributed by atoms with Crippen LogP contribution in [-0.4, -0.2) is 16.6 Å². The number of hydrogen-bond donors (Lipinski definition) is 1. The number of carbonyl (C=O) groups is 2. The lowest BCUT2D eigenvalue weighted by atomic mass is 10.0. The first-order valence-electron chi connectivity index (χ1n) is 8.99. The Kier molecular flexibility index (Phi) is 5.78. The van der Waals surface area contributed by atoms with Crippen molar-refractivity contribution in [2.75, 3.05) is 5.32 Å². The summed E-state index contributed by atoms with van der Waals surface area (Å²) < 4.78 is 1.60. The Morgan fingerprint density at radius 3 is 2.17 bits per heavy atom. The smallest absolute Gasteiger partial charge is 0.293 e. The highest BCUT2D eigenvalue weighted by Crippen LogP contribution is 2.27. The molecule has 2 aromatic carbocycles. The van der Waals surface area contributed by atoms with Crippen LogP contribution in [0.2, 0.25) is 0 Å². The number of nitro benzene ring substituents is 1. The van der Waals surface area contributed by atoms with Crippen molar-refractivity contribution in [2.45, 2.75) is 20.4 Å². The number of anilines is 1. The van der Waals surface area contributed by atoms with Crippen LogP contribution >= 0.6 is 0 Å². The first-order valence-corrected chi connectivity index (χ1v) is 8.99.